The van der Waals surface area contributed by atoms with Gasteiger partial charge in [-0.05, 0) is 24.6 Å². The van der Waals surface area contributed by atoms with Crippen molar-refractivity contribution in [1.29, 1.82) is 0 Å². The first kappa shape index (κ1) is 12.9. The lowest BCUT2D eigenvalue weighted by Crippen LogP contribution is -2.48. The molecule has 1 aromatic carbocycles. The number of benzene rings is 1. The molecule has 18 heavy (non-hydrogen) atoms. The number of aryl methyl sites for hydroxylation is 1. The summed E-state index contributed by atoms with van der Waals surface area (Å²) in [5.74, 6) is -0.0255. The van der Waals surface area contributed by atoms with E-state index >= 15 is 0 Å². The Kier molecular flexibility index (Phi) is 3.87. The van der Waals surface area contributed by atoms with Gasteiger partial charge in [0.05, 0.1) is 0 Å². The van der Waals surface area contributed by atoms with Gasteiger partial charge in [-0.25, -0.2) is 0 Å². The van der Waals surface area contributed by atoms with Crippen LogP contribution in [0.25, 0.3) is 0 Å². The Labute approximate surface area is 111 Å². The van der Waals surface area contributed by atoms with Crippen molar-refractivity contribution in [3.63, 3.8) is 0 Å². The summed E-state index contributed by atoms with van der Waals surface area (Å²) < 4.78 is 0. The maximum absolute atomic E-state index is 12.2. The molecular formula is C13H15ClN2O2. The van der Waals surface area contributed by atoms with Crippen molar-refractivity contribution in [3.05, 3.63) is 34.3 Å². The third kappa shape index (κ3) is 2.64. The van der Waals surface area contributed by atoms with Crippen molar-refractivity contribution in [2.45, 2.75) is 6.92 Å². The Morgan fingerprint density at radius 3 is 2.50 bits per heavy atom. The molecule has 5 heteroatoms. The van der Waals surface area contributed by atoms with Gasteiger partial charge in [0.1, 0.15) is 0 Å². The highest BCUT2D eigenvalue weighted by atomic mass is 35.5. The summed E-state index contributed by atoms with van der Waals surface area (Å²) in [6.07, 6.45) is 0.824. The van der Waals surface area contributed by atoms with Crippen LogP contribution in [0.2, 0.25) is 5.02 Å². The fraction of sp³-hybridized carbons (Fsp3) is 0.385. The molecule has 0 saturated carbocycles. The molecule has 0 radical (unpaired) electrons. The zero-order chi connectivity index (χ0) is 13.1. The smallest absolute Gasteiger partial charge is 0.254 e. The maximum atomic E-state index is 12.2. The highest BCUT2D eigenvalue weighted by Crippen LogP contribution is 2.18. The van der Waals surface area contributed by atoms with Crippen molar-refractivity contribution in [3.8, 4) is 0 Å². The van der Waals surface area contributed by atoms with Crippen molar-refractivity contribution in [2.24, 2.45) is 0 Å². The van der Waals surface area contributed by atoms with E-state index in [1.165, 1.54) is 0 Å². The standard InChI is InChI=1S/C13H15ClN2O2/c1-10-2-3-11(8-12(10)14)13(18)16-6-4-15(9-17)5-7-16/h2-3,8-9H,4-7H2,1H3. The monoisotopic (exact) mass is 266 g/mol. The lowest BCUT2D eigenvalue weighted by atomic mass is 10.1. The summed E-state index contributed by atoms with van der Waals surface area (Å²) in [6, 6.07) is 5.33. The molecule has 2 amide bonds. The summed E-state index contributed by atoms with van der Waals surface area (Å²) >= 11 is 6.02. The van der Waals surface area contributed by atoms with Crippen LogP contribution in [0.1, 0.15) is 15.9 Å². The summed E-state index contributed by atoms with van der Waals surface area (Å²) in [5.41, 5.74) is 1.56. The van der Waals surface area contributed by atoms with Gasteiger partial charge in [-0.3, -0.25) is 9.59 Å². The minimum Gasteiger partial charge on any atom is -0.342 e. The molecular weight excluding hydrogens is 252 g/mol. The van der Waals surface area contributed by atoms with Crippen LogP contribution in [0.3, 0.4) is 0 Å². The SMILES string of the molecule is Cc1ccc(C(=O)N2CCN(C=O)CC2)cc1Cl. The molecule has 2 rings (SSSR count). The average molecular weight is 267 g/mol. The van der Waals surface area contributed by atoms with E-state index in [-0.39, 0.29) is 5.91 Å². The van der Waals surface area contributed by atoms with Crippen LogP contribution in [0.4, 0.5) is 0 Å². The number of rotatable bonds is 2. The van der Waals surface area contributed by atoms with Crippen molar-refractivity contribution in [1.82, 2.24) is 9.80 Å². The van der Waals surface area contributed by atoms with Crippen LogP contribution < -0.4 is 0 Å². The van der Waals surface area contributed by atoms with Crippen molar-refractivity contribution >= 4 is 23.9 Å². The van der Waals surface area contributed by atoms with Crippen molar-refractivity contribution < 1.29 is 9.59 Å². The topological polar surface area (TPSA) is 40.6 Å². The first-order valence-corrected chi connectivity index (χ1v) is 6.24. The molecule has 1 aliphatic rings. The van der Waals surface area contributed by atoms with Gasteiger partial charge in [-0.15, -0.1) is 0 Å². The molecule has 1 heterocycles. The molecule has 0 unspecified atom stereocenters. The second-order valence-electron chi connectivity index (χ2n) is 4.40. The largest absolute Gasteiger partial charge is 0.342 e. The van der Waals surface area contributed by atoms with E-state index in [1.54, 1.807) is 21.9 Å². The van der Waals surface area contributed by atoms with Gasteiger partial charge in [-0.2, -0.15) is 0 Å². The summed E-state index contributed by atoms with van der Waals surface area (Å²) in [6.45, 7) is 4.23. The minimum atomic E-state index is -0.0255. The third-order valence-corrected chi connectivity index (χ3v) is 3.58. The zero-order valence-electron chi connectivity index (χ0n) is 10.2. The van der Waals surface area contributed by atoms with Gasteiger partial charge in [-0.1, -0.05) is 17.7 Å². The quantitative estimate of drug-likeness (QED) is 0.763. The molecule has 96 valence electrons. The molecule has 0 atom stereocenters. The summed E-state index contributed by atoms with van der Waals surface area (Å²) in [4.78, 5) is 26.2. The van der Waals surface area contributed by atoms with Crippen molar-refractivity contribution in [2.75, 3.05) is 26.2 Å². The Morgan fingerprint density at radius 1 is 1.28 bits per heavy atom. The Bertz CT molecular complexity index is 468. The molecule has 1 aromatic rings. The molecule has 1 saturated heterocycles. The molecule has 0 N–H and O–H groups in total. The van der Waals surface area contributed by atoms with Crippen LogP contribution in [-0.2, 0) is 4.79 Å². The van der Waals surface area contributed by atoms with Crippen LogP contribution >= 0.6 is 11.6 Å². The first-order valence-electron chi connectivity index (χ1n) is 5.86. The Hall–Kier alpha value is -1.55. The van der Waals surface area contributed by atoms with E-state index in [4.69, 9.17) is 11.6 Å². The van der Waals surface area contributed by atoms with Gasteiger partial charge in [0.25, 0.3) is 5.91 Å². The first-order chi connectivity index (χ1) is 8.61. The average Bonchev–Trinajstić information content (AvgIpc) is 2.41. The van der Waals surface area contributed by atoms with Gasteiger partial charge < -0.3 is 9.80 Å². The molecule has 0 bridgehead atoms. The third-order valence-electron chi connectivity index (χ3n) is 3.17. The van der Waals surface area contributed by atoms with Crippen LogP contribution in [0.5, 0.6) is 0 Å². The molecule has 1 aliphatic heterocycles. The van der Waals surface area contributed by atoms with Gasteiger partial charge in [0.2, 0.25) is 6.41 Å². The summed E-state index contributed by atoms with van der Waals surface area (Å²) in [7, 11) is 0. The highest BCUT2D eigenvalue weighted by molar-refractivity contribution is 6.31. The number of amides is 2. The molecule has 0 aromatic heterocycles. The number of hydrogen-bond donors (Lipinski definition) is 0. The van der Waals surface area contributed by atoms with Gasteiger partial charge in [0.15, 0.2) is 0 Å². The van der Waals surface area contributed by atoms with E-state index in [2.05, 4.69) is 0 Å². The minimum absolute atomic E-state index is 0.0255. The Morgan fingerprint density at radius 2 is 1.94 bits per heavy atom. The van der Waals surface area contributed by atoms with E-state index in [0.29, 0.717) is 36.8 Å². The maximum Gasteiger partial charge on any atom is 0.254 e. The predicted molar refractivity (Wildman–Crippen MR) is 69.7 cm³/mol. The van der Waals surface area contributed by atoms with Gasteiger partial charge >= 0.3 is 0 Å². The van der Waals surface area contributed by atoms with Gasteiger partial charge in [0, 0.05) is 36.8 Å². The highest BCUT2D eigenvalue weighted by Gasteiger charge is 2.21. The Balaban J connectivity index is 2.07. The zero-order valence-corrected chi connectivity index (χ0v) is 11.0. The van der Waals surface area contributed by atoms with Crippen LogP contribution in [0.15, 0.2) is 18.2 Å². The van der Waals surface area contributed by atoms with E-state index in [9.17, 15) is 9.59 Å². The summed E-state index contributed by atoms with van der Waals surface area (Å²) in [5, 5.41) is 0.604. The predicted octanol–water partition coefficient (Wildman–Crippen LogP) is 1.56. The van der Waals surface area contributed by atoms with Crippen LogP contribution in [0, 0.1) is 6.92 Å². The normalized spacial score (nSPS) is 15.7. The molecule has 0 spiro atoms. The molecule has 1 fully saturated rings. The fourth-order valence-electron chi connectivity index (χ4n) is 1.94. The number of carbonyl (C=O) groups excluding carboxylic acids is 2. The number of piperazine rings is 1. The fourth-order valence-corrected chi connectivity index (χ4v) is 2.12. The lowest BCUT2D eigenvalue weighted by molar-refractivity contribution is -0.119. The molecule has 4 nitrogen and oxygen atoms in total. The van der Waals surface area contributed by atoms with E-state index < -0.39 is 0 Å². The number of nitrogens with zero attached hydrogens (tertiary/aromatic N) is 2. The molecule has 0 aliphatic carbocycles. The second-order valence-corrected chi connectivity index (χ2v) is 4.80. The second kappa shape index (κ2) is 5.40. The van der Waals surface area contributed by atoms with E-state index in [1.807, 2.05) is 13.0 Å². The van der Waals surface area contributed by atoms with E-state index in [0.717, 1.165) is 12.0 Å². The number of carbonyl (C=O) groups is 2. The lowest BCUT2D eigenvalue weighted by Gasteiger charge is -2.32. The number of hydrogen-bond acceptors (Lipinski definition) is 2. The van der Waals surface area contributed by atoms with Crippen LogP contribution in [-0.4, -0.2) is 48.3 Å². The number of halogens is 1.